The average molecular weight is 376 g/mol. The topological polar surface area (TPSA) is 82.2 Å². The van der Waals surface area contributed by atoms with Gasteiger partial charge in [-0.2, -0.15) is 0 Å². The number of ether oxygens (including phenoxy) is 1. The maximum atomic E-state index is 14.7. The van der Waals surface area contributed by atoms with Gasteiger partial charge in [-0.25, -0.2) is 9.18 Å². The molecule has 3 aliphatic rings. The number of cyclic esters (lactones) is 1. The van der Waals surface area contributed by atoms with E-state index in [-0.39, 0.29) is 25.0 Å². The summed E-state index contributed by atoms with van der Waals surface area (Å²) in [6.07, 6.45) is -0.175. The predicted molar refractivity (Wildman–Crippen MR) is 95.0 cm³/mol. The Kier molecular flexibility index (Phi) is 4.37. The fourth-order valence-electron chi connectivity index (χ4n) is 4.01. The molecule has 3 aliphatic heterocycles. The van der Waals surface area contributed by atoms with Crippen LogP contribution in [0.25, 0.3) is 0 Å². The molecule has 3 heterocycles. The van der Waals surface area contributed by atoms with Gasteiger partial charge < -0.3 is 19.9 Å². The van der Waals surface area contributed by atoms with Crippen molar-refractivity contribution in [2.45, 2.75) is 19.1 Å². The van der Waals surface area contributed by atoms with E-state index in [1.54, 1.807) is 17.0 Å². The van der Waals surface area contributed by atoms with Crippen LogP contribution in [-0.2, 0) is 14.3 Å². The third-order valence-corrected chi connectivity index (χ3v) is 5.45. The Balaban J connectivity index is 1.44. The Hall–Kier alpha value is -2.84. The first-order chi connectivity index (χ1) is 13.0. The molecule has 8 nitrogen and oxygen atoms in total. The van der Waals surface area contributed by atoms with Crippen molar-refractivity contribution in [2.75, 3.05) is 42.5 Å². The highest BCUT2D eigenvalue weighted by atomic mass is 19.1. The Bertz CT molecular complexity index is 789. The highest BCUT2D eigenvalue weighted by molar-refractivity contribution is 5.90. The van der Waals surface area contributed by atoms with Crippen LogP contribution in [0, 0.1) is 11.7 Å². The van der Waals surface area contributed by atoms with Crippen molar-refractivity contribution in [2.24, 2.45) is 5.92 Å². The summed E-state index contributed by atoms with van der Waals surface area (Å²) in [4.78, 5) is 39.0. The van der Waals surface area contributed by atoms with Crippen molar-refractivity contribution in [1.29, 1.82) is 0 Å². The van der Waals surface area contributed by atoms with Crippen LogP contribution in [0.4, 0.5) is 20.6 Å². The first-order valence-electron chi connectivity index (χ1n) is 8.94. The van der Waals surface area contributed by atoms with Gasteiger partial charge in [0, 0.05) is 32.5 Å². The van der Waals surface area contributed by atoms with Crippen molar-refractivity contribution in [1.82, 2.24) is 10.2 Å². The van der Waals surface area contributed by atoms with E-state index in [1.807, 2.05) is 4.90 Å². The van der Waals surface area contributed by atoms with Crippen LogP contribution in [0.15, 0.2) is 18.2 Å². The summed E-state index contributed by atoms with van der Waals surface area (Å²) < 4.78 is 19.9. The molecule has 0 unspecified atom stereocenters. The number of benzene rings is 1. The SMILES string of the molecule is CC(=O)NC[C@H]1CN(c2ccc(N3C[C@H]4CN(C=O)[C@H]4C3)c(F)c2)C(=O)O1. The number of hydrogen-bond donors (Lipinski definition) is 1. The number of anilines is 2. The average Bonchev–Trinajstić information content (AvgIpc) is 3.14. The standard InChI is InChI=1S/C18H21FN4O4/c1-11(25)20-5-14-8-23(18(26)27-14)13-2-3-16(15(19)4-13)21-6-12-7-22(10-24)17(12)9-21/h2-4,10,12,14,17H,5-9H2,1H3,(H,20,25)/t12-,14-,17-/m0/s1. The molecule has 0 aromatic heterocycles. The van der Waals surface area contributed by atoms with Crippen LogP contribution < -0.4 is 15.1 Å². The van der Waals surface area contributed by atoms with Gasteiger partial charge in [-0.1, -0.05) is 0 Å². The van der Waals surface area contributed by atoms with Crippen LogP contribution in [0.5, 0.6) is 0 Å². The fourth-order valence-corrected chi connectivity index (χ4v) is 4.01. The van der Waals surface area contributed by atoms with E-state index < -0.39 is 18.0 Å². The number of likely N-dealkylation sites (tertiary alicyclic amines) is 1. The molecule has 4 rings (SSSR count). The lowest BCUT2D eigenvalue weighted by molar-refractivity contribution is -0.127. The summed E-state index contributed by atoms with van der Waals surface area (Å²) in [7, 11) is 0. The highest BCUT2D eigenvalue weighted by Crippen LogP contribution is 2.36. The lowest BCUT2D eigenvalue weighted by Gasteiger charge is -2.40. The van der Waals surface area contributed by atoms with E-state index in [2.05, 4.69) is 5.32 Å². The van der Waals surface area contributed by atoms with Crippen LogP contribution in [0.1, 0.15) is 6.92 Å². The monoisotopic (exact) mass is 376 g/mol. The number of fused-ring (bicyclic) bond motifs is 1. The van der Waals surface area contributed by atoms with Gasteiger partial charge in [0.25, 0.3) is 0 Å². The number of nitrogens with one attached hydrogen (secondary N) is 1. The number of carbonyl (C=O) groups excluding carboxylic acids is 3. The molecule has 1 aromatic carbocycles. The first kappa shape index (κ1) is 17.6. The zero-order chi connectivity index (χ0) is 19.1. The normalized spacial score (nSPS) is 26.5. The quantitative estimate of drug-likeness (QED) is 0.760. The van der Waals surface area contributed by atoms with Gasteiger partial charge in [0.1, 0.15) is 11.9 Å². The van der Waals surface area contributed by atoms with Crippen molar-refractivity contribution in [3.05, 3.63) is 24.0 Å². The van der Waals surface area contributed by atoms with Crippen molar-refractivity contribution in [3.63, 3.8) is 0 Å². The van der Waals surface area contributed by atoms with Crippen LogP contribution in [0.2, 0.25) is 0 Å². The third-order valence-electron chi connectivity index (χ3n) is 5.45. The molecule has 0 saturated carbocycles. The molecule has 1 N–H and O–H groups in total. The first-order valence-corrected chi connectivity index (χ1v) is 8.94. The maximum absolute atomic E-state index is 14.7. The number of carbonyl (C=O) groups is 3. The molecule has 3 saturated heterocycles. The summed E-state index contributed by atoms with van der Waals surface area (Å²) in [6, 6.07) is 4.84. The molecule has 9 heteroatoms. The molecule has 3 atom stereocenters. The Labute approximate surface area is 155 Å². The number of hydrogen-bond acceptors (Lipinski definition) is 5. The van der Waals surface area contributed by atoms with Gasteiger partial charge in [-0.3, -0.25) is 14.5 Å². The lowest BCUT2D eigenvalue weighted by atomic mass is 9.93. The number of rotatable bonds is 5. The van der Waals surface area contributed by atoms with Crippen LogP contribution in [-0.4, -0.2) is 68.2 Å². The minimum absolute atomic E-state index is 0.157. The number of nitrogens with zero attached hydrogens (tertiary/aromatic N) is 3. The summed E-state index contributed by atoms with van der Waals surface area (Å²) >= 11 is 0. The zero-order valence-electron chi connectivity index (χ0n) is 14.9. The molecular weight excluding hydrogens is 355 g/mol. The molecular formula is C18H21FN4O4. The molecule has 0 aliphatic carbocycles. The Morgan fingerprint density at radius 3 is 2.85 bits per heavy atom. The van der Waals surface area contributed by atoms with Gasteiger partial charge in [0.15, 0.2) is 0 Å². The summed E-state index contributed by atoms with van der Waals surface area (Å²) in [5, 5.41) is 2.61. The summed E-state index contributed by atoms with van der Waals surface area (Å²) in [5.41, 5.74) is 0.893. The smallest absolute Gasteiger partial charge is 0.414 e. The molecule has 3 fully saturated rings. The van der Waals surface area contributed by atoms with Gasteiger partial charge in [-0.15, -0.1) is 0 Å². The fraction of sp³-hybridized carbons (Fsp3) is 0.500. The molecule has 3 amide bonds. The second-order valence-corrected chi connectivity index (χ2v) is 7.22. The maximum Gasteiger partial charge on any atom is 0.414 e. The number of amides is 3. The molecule has 27 heavy (non-hydrogen) atoms. The molecule has 0 radical (unpaired) electrons. The van der Waals surface area contributed by atoms with E-state index >= 15 is 0 Å². The molecule has 144 valence electrons. The van der Waals surface area contributed by atoms with E-state index in [0.717, 1.165) is 19.5 Å². The third kappa shape index (κ3) is 3.17. The molecule has 0 spiro atoms. The van der Waals surface area contributed by atoms with Crippen molar-refractivity contribution < 1.29 is 23.5 Å². The minimum atomic E-state index is -0.557. The molecule has 1 aromatic rings. The zero-order valence-corrected chi connectivity index (χ0v) is 14.9. The Morgan fingerprint density at radius 2 is 2.15 bits per heavy atom. The lowest BCUT2D eigenvalue weighted by Crippen LogP contribution is -2.54. The number of halogens is 1. The molecule has 0 bridgehead atoms. The van der Waals surface area contributed by atoms with Crippen LogP contribution in [0.3, 0.4) is 0 Å². The van der Waals surface area contributed by atoms with E-state index in [1.165, 1.54) is 17.9 Å². The largest absolute Gasteiger partial charge is 0.442 e. The van der Waals surface area contributed by atoms with Gasteiger partial charge in [0.2, 0.25) is 12.3 Å². The highest BCUT2D eigenvalue weighted by Gasteiger charge is 2.45. The second-order valence-electron chi connectivity index (χ2n) is 7.22. The van der Waals surface area contributed by atoms with Gasteiger partial charge in [-0.05, 0) is 18.2 Å². The summed E-state index contributed by atoms with van der Waals surface area (Å²) in [6.45, 7) is 3.92. The summed E-state index contributed by atoms with van der Waals surface area (Å²) in [5.74, 6) is -0.227. The minimum Gasteiger partial charge on any atom is -0.442 e. The Morgan fingerprint density at radius 1 is 1.33 bits per heavy atom. The van der Waals surface area contributed by atoms with Crippen molar-refractivity contribution >= 4 is 29.8 Å². The predicted octanol–water partition coefficient (Wildman–Crippen LogP) is 0.564. The van der Waals surface area contributed by atoms with E-state index in [9.17, 15) is 18.8 Å². The van der Waals surface area contributed by atoms with E-state index in [4.69, 9.17) is 4.74 Å². The van der Waals surface area contributed by atoms with Crippen molar-refractivity contribution in [3.8, 4) is 0 Å². The van der Waals surface area contributed by atoms with E-state index in [0.29, 0.717) is 23.8 Å². The second kappa shape index (κ2) is 6.71. The van der Waals surface area contributed by atoms with Crippen LogP contribution >= 0.6 is 0 Å². The van der Waals surface area contributed by atoms with Gasteiger partial charge in [0.05, 0.1) is 30.5 Å². The van der Waals surface area contributed by atoms with Gasteiger partial charge >= 0.3 is 6.09 Å².